The highest BCUT2D eigenvalue weighted by molar-refractivity contribution is 5.13. The molecule has 0 spiro atoms. The number of rotatable bonds is 4. The van der Waals surface area contributed by atoms with E-state index >= 15 is 0 Å². The van der Waals surface area contributed by atoms with Crippen LogP contribution in [0.3, 0.4) is 0 Å². The molecule has 0 saturated heterocycles. The van der Waals surface area contributed by atoms with E-state index in [-0.39, 0.29) is 0 Å². The fourth-order valence-electron chi connectivity index (χ4n) is 0.989. The smallest absolute Gasteiger partial charge is 0.0142 e. The molecule has 0 aromatic rings. The highest BCUT2D eigenvalue weighted by Crippen LogP contribution is 2.10. The van der Waals surface area contributed by atoms with E-state index in [1.807, 2.05) is 6.92 Å². The van der Waals surface area contributed by atoms with Crippen LogP contribution in [-0.2, 0) is 0 Å². The highest BCUT2D eigenvalue weighted by atomic mass is 14.9. The first kappa shape index (κ1) is 11.0. The molecule has 1 nitrogen and oxygen atoms in total. The van der Waals surface area contributed by atoms with E-state index in [4.69, 9.17) is 0 Å². The first-order valence-electron chi connectivity index (χ1n) is 4.20. The Kier molecular flexibility index (Phi) is 4.42. The Hall–Kier alpha value is -0.980. The van der Waals surface area contributed by atoms with Crippen LogP contribution in [0.1, 0.15) is 27.7 Å². The van der Waals surface area contributed by atoms with Crippen LogP contribution >= 0.6 is 0 Å². The molecular formula is C11H19N. The van der Waals surface area contributed by atoms with Crippen LogP contribution in [0.5, 0.6) is 0 Å². The maximum absolute atomic E-state index is 3.93. The van der Waals surface area contributed by atoms with Gasteiger partial charge in [-0.3, -0.25) is 0 Å². The van der Waals surface area contributed by atoms with Crippen LogP contribution < -0.4 is 5.32 Å². The van der Waals surface area contributed by atoms with E-state index in [0.717, 1.165) is 11.4 Å². The lowest BCUT2D eigenvalue weighted by Crippen LogP contribution is -2.14. The molecule has 0 aliphatic carbocycles. The van der Waals surface area contributed by atoms with Crippen molar-refractivity contribution in [2.24, 2.45) is 5.92 Å². The third-order valence-corrected chi connectivity index (χ3v) is 1.51. The zero-order valence-corrected chi connectivity index (χ0v) is 8.57. The first-order chi connectivity index (χ1) is 5.43. The van der Waals surface area contributed by atoms with E-state index in [2.05, 4.69) is 45.3 Å². The number of nitrogens with one attached hydrogen (secondary N) is 1. The summed E-state index contributed by atoms with van der Waals surface area (Å²) in [6.07, 6.45) is 2.18. The Morgan fingerprint density at radius 1 is 1.25 bits per heavy atom. The van der Waals surface area contributed by atoms with Gasteiger partial charge in [0.1, 0.15) is 0 Å². The average molecular weight is 165 g/mol. The summed E-state index contributed by atoms with van der Waals surface area (Å²) < 4.78 is 0. The summed E-state index contributed by atoms with van der Waals surface area (Å²) >= 11 is 0. The second kappa shape index (κ2) is 4.81. The Balaban J connectivity index is 4.11. The van der Waals surface area contributed by atoms with Crippen molar-refractivity contribution in [3.63, 3.8) is 0 Å². The zero-order chi connectivity index (χ0) is 9.72. The predicted molar refractivity (Wildman–Crippen MR) is 55.7 cm³/mol. The van der Waals surface area contributed by atoms with E-state index < -0.39 is 0 Å². The van der Waals surface area contributed by atoms with Crippen LogP contribution in [-0.4, -0.2) is 0 Å². The Morgan fingerprint density at radius 2 is 1.75 bits per heavy atom. The molecule has 0 rings (SSSR count). The van der Waals surface area contributed by atoms with Crippen molar-refractivity contribution in [3.8, 4) is 0 Å². The molecule has 0 aliphatic heterocycles. The monoisotopic (exact) mass is 165 g/mol. The molecule has 0 bridgehead atoms. The minimum atomic E-state index is 0.367. The van der Waals surface area contributed by atoms with Gasteiger partial charge in [0.2, 0.25) is 0 Å². The van der Waals surface area contributed by atoms with Crippen molar-refractivity contribution in [3.05, 3.63) is 36.2 Å². The second-order valence-electron chi connectivity index (χ2n) is 3.46. The molecule has 0 aromatic heterocycles. The summed E-state index contributed by atoms with van der Waals surface area (Å²) in [5.74, 6) is 0.367. The molecule has 0 saturated carbocycles. The molecular weight excluding hydrogens is 146 g/mol. The molecule has 1 heteroatoms. The molecule has 0 heterocycles. The molecule has 0 amide bonds. The Labute approximate surface area is 75.9 Å². The quantitative estimate of drug-likeness (QED) is 0.631. The summed E-state index contributed by atoms with van der Waals surface area (Å²) in [6, 6.07) is 0. The minimum Gasteiger partial charge on any atom is -0.363 e. The normalized spacial score (nSPS) is 11.7. The van der Waals surface area contributed by atoms with Crippen molar-refractivity contribution in [2.45, 2.75) is 27.7 Å². The SMILES string of the molecule is C=C(C)NC(=C)C(C)C=C(C)C. The lowest BCUT2D eigenvalue weighted by Gasteiger charge is -2.13. The van der Waals surface area contributed by atoms with Crippen molar-refractivity contribution < 1.29 is 0 Å². The van der Waals surface area contributed by atoms with Crippen LogP contribution in [0, 0.1) is 5.92 Å². The summed E-state index contributed by atoms with van der Waals surface area (Å²) in [5, 5.41) is 3.11. The van der Waals surface area contributed by atoms with E-state index in [0.29, 0.717) is 5.92 Å². The van der Waals surface area contributed by atoms with Crippen molar-refractivity contribution in [2.75, 3.05) is 0 Å². The molecule has 1 unspecified atom stereocenters. The number of hydrogen-bond donors (Lipinski definition) is 1. The number of allylic oxidation sites excluding steroid dienone is 3. The van der Waals surface area contributed by atoms with E-state index in [1.165, 1.54) is 5.57 Å². The average Bonchev–Trinajstić information content (AvgIpc) is 1.84. The number of hydrogen-bond acceptors (Lipinski definition) is 1. The third-order valence-electron chi connectivity index (χ3n) is 1.51. The maximum atomic E-state index is 3.93. The van der Waals surface area contributed by atoms with Crippen LogP contribution in [0.15, 0.2) is 36.2 Å². The third kappa shape index (κ3) is 4.78. The van der Waals surface area contributed by atoms with Gasteiger partial charge < -0.3 is 5.32 Å². The summed E-state index contributed by atoms with van der Waals surface area (Å²) in [4.78, 5) is 0. The lowest BCUT2D eigenvalue weighted by atomic mass is 10.1. The van der Waals surface area contributed by atoms with Gasteiger partial charge in [0, 0.05) is 17.3 Å². The van der Waals surface area contributed by atoms with Crippen LogP contribution in [0.25, 0.3) is 0 Å². The molecule has 12 heavy (non-hydrogen) atoms. The van der Waals surface area contributed by atoms with E-state index in [9.17, 15) is 0 Å². The topological polar surface area (TPSA) is 12.0 Å². The van der Waals surface area contributed by atoms with E-state index in [1.54, 1.807) is 0 Å². The van der Waals surface area contributed by atoms with Gasteiger partial charge in [-0.1, -0.05) is 31.7 Å². The first-order valence-corrected chi connectivity index (χ1v) is 4.20. The summed E-state index contributed by atoms with van der Waals surface area (Å²) in [5.41, 5.74) is 3.25. The molecule has 68 valence electrons. The van der Waals surface area contributed by atoms with Gasteiger partial charge in [-0.05, 0) is 20.8 Å². The Bertz CT molecular complexity index is 207. The van der Waals surface area contributed by atoms with Gasteiger partial charge in [0.05, 0.1) is 0 Å². The molecule has 0 fully saturated rings. The van der Waals surface area contributed by atoms with Gasteiger partial charge in [-0.25, -0.2) is 0 Å². The standard InChI is InChI=1S/C11H19N/c1-8(2)7-10(5)11(6)12-9(3)4/h7,10,12H,3,6H2,1-2,4-5H3. The predicted octanol–water partition coefficient (Wildman–Crippen LogP) is 3.23. The van der Waals surface area contributed by atoms with Gasteiger partial charge in [0.15, 0.2) is 0 Å². The van der Waals surface area contributed by atoms with Crippen molar-refractivity contribution in [1.29, 1.82) is 0 Å². The molecule has 1 atom stereocenters. The lowest BCUT2D eigenvalue weighted by molar-refractivity contribution is 0.765. The van der Waals surface area contributed by atoms with Gasteiger partial charge in [-0.15, -0.1) is 0 Å². The molecule has 0 radical (unpaired) electrons. The summed E-state index contributed by atoms with van der Waals surface area (Å²) in [6.45, 7) is 15.9. The Morgan fingerprint density at radius 3 is 2.08 bits per heavy atom. The molecule has 0 aliphatic rings. The fraction of sp³-hybridized carbons (Fsp3) is 0.455. The van der Waals surface area contributed by atoms with Gasteiger partial charge >= 0.3 is 0 Å². The highest BCUT2D eigenvalue weighted by Gasteiger charge is 2.01. The van der Waals surface area contributed by atoms with Crippen molar-refractivity contribution in [1.82, 2.24) is 5.32 Å². The minimum absolute atomic E-state index is 0.367. The molecule has 0 aromatic carbocycles. The fourth-order valence-corrected chi connectivity index (χ4v) is 0.989. The molecule has 1 N–H and O–H groups in total. The van der Waals surface area contributed by atoms with Crippen molar-refractivity contribution >= 4 is 0 Å². The summed E-state index contributed by atoms with van der Waals surface area (Å²) in [7, 11) is 0. The van der Waals surface area contributed by atoms with Gasteiger partial charge in [-0.2, -0.15) is 0 Å². The zero-order valence-electron chi connectivity index (χ0n) is 8.57. The van der Waals surface area contributed by atoms with Crippen LogP contribution in [0.2, 0.25) is 0 Å². The second-order valence-corrected chi connectivity index (χ2v) is 3.46. The largest absolute Gasteiger partial charge is 0.363 e. The maximum Gasteiger partial charge on any atom is 0.0142 e. The van der Waals surface area contributed by atoms with Gasteiger partial charge in [0.25, 0.3) is 0 Å². The van der Waals surface area contributed by atoms with Crippen LogP contribution in [0.4, 0.5) is 0 Å².